The van der Waals surface area contributed by atoms with E-state index in [9.17, 15) is 18.4 Å². The number of hydrogen-bond donors (Lipinski definition) is 2. The number of esters is 1. The predicted molar refractivity (Wildman–Crippen MR) is 157 cm³/mol. The summed E-state index contributed by atoms with van der Waals surface area (Å²) >= 11 is 18.3. The van der Waals surface area contributed by atoms with Gasteiger partial charge in [0, 0.05) is 34.7 Å². The molecule has 0 aromatic heterocycles. The van der Waals surface area contributed by atoms with Gasteiger partial charge in [0.05, 0.1) is 23.2 Å². The van der Waals surface area contributed by atoms with Crippen molar-refractivity contribution in [3.8, 4) is 5.75 Å². The fraction of sp³-hybridized carbons (Fsp3) is 0.300. The first-order chi connectivity index (χ1) is 19.3. The first kappa shape index (κ1) is 29.2. The van der Waals surface area contributed by atoms with Crippen LogP contribution in [0.5, 0.6) is 5.75 Å². The lowest BCUT2D eigenvalue weighted by Gasteiger charge is -2.48. The van der Waals surface area contributed by atoms with E-state index >= 15 is 0 Å². The van der Waals surface area contributed by atoms with Crippen LogP contribution in [0.3, 0.4) is 0 Å². The summed E-state index contributed by atoms with van der Waals surface area (Å²) in [5.41, 5.74) is -0.329. The van der Waals surface area contributed by atoms with E-state index in [1.165, 1.54) is 39.2 Å². The Labute approximate surface area is 251 Å². The molecule has 5 rings (SSSR count). The molecule has 1 saturated heterocycles. The van der Waals surface area contributed by atoms with Crippen molar-refractivity contribution in [3.05, 3.63) is 92.5 Å². The van der Waals surface area contributed by atoms with Crippen molar-refractivity contribution in [3.63, 3.8) is 0 Å². The van der Waals surface area contributed by atoms with Crippen LogP contribution in [0, 0.1) is 18.6 Å². The number of fused-ring (bicyclic) bond motifs is 2. The van der Waals surface area contributed by atoms with Crippen LogP contribution < -0.4 is 15.4 Å². The maximum absolute atomic E-state index is 14.9. The quantitative estimate of drug-likeness (QED) is 0.238. The zero-order valence-electron chi connectivity index (χ0n) is 22.5. The molecule has 0 saturated carbocycles. The van der Waals surface area contributed by atoms with Crippen LogP contribution >= 0.6 is 35.4 Å². The summed E-state index contributed by atoms with van der Waals surface area (Å²) in [6, 6.07) is 11.0. The van der Waals surface area contributed by atoms with Crippen molar-refractivity contribution in [1.82, 2.24) is 5.32 Å². The van der Waals surface area contributed by atoms with E-state index in [1.807, 2.05) is 6.92 Å². The lowest BCUT2D eigenvalue weighted by atomic mass is 9.59. The Morgan fingerprint density at radius 3 is 2.54 bits per heavy atom. The van der Waals surface area contributed by atoms with Gasteiger partial charge in [-0.05, 0) is 67.8 Å². The minimum absolute atomic E-state index is 0.0127. The molecule has 3 aromatic rings. The van der Waals surface area contributed by atoms with Gasteiger partial charge in [0.2, 0.25) is 5.91 Å². The second kappa shape index (κ2) is 10.5. The lowest BCUT2D eigenvalue weighted by Crippen LogP contribution is -2.56. The van der Waals surface area contributed by atoms with E-state index in [0.717, 1.165) is 11.6 Å². The van der Waals surface area contributed by atoms with Crippen molar-refractivity contribution < 1.29 is 27.8 Å². The molecule has 2 aliphatic heterocycles. The van der Waals surface area contributed by atoms with Crippen molar-refractivity contribution in [2.45, 2.75) is 50.2 Å². The van der Waals surface area contributed by atoms with Crippen LogP contribution in [0.1, 0.15) is 54.5 Å². The summed E-state index contributed by atoms with van der Waals surface area (Å²) < 4.78 is 40.6. The standard InChI is InChI=1S/C30H26Cl2F2N2O4S/c1-14-5-7-16(33)10-17(14)26-30(19-8-6-15(31)9-23(19)35-27(30)37)20(12-25(41)36-26)18-11-21(32)22(34)13-24(18)40-29(2,3)28(38)39-4/h5-11,13,20,26H,12H2,1-4H3,(H,35,37)(H,36,41)/t20-,26+,30-/m1/s1. The number of rotatable bonds is 5. The maximum Gasteiger partial charge on any atom is 0.349 e. The molecule has 6 nitrogen and oxygen atoms in total. The Kier molecular flexibility index (Phi) is 7.51. The molecule has 0 aliphatic carbocycles. The molecule has 11 heteroatoms. The second-order valence-electron chi connectivity index (χ2n) is 10.7. The molecular formula is C30H26Cl2F2N2O4S. The van der Waals surface area contributed by atoms with E-state index in [2.05, 4.69) is 10.6 Å². The van der Waals surface area contributed by atoms with Crippen molar-refractivity contribution in [1.29, 1.82) is 0 Å². The van der Waals surface area contributed by atoms with Gasteiger partial charge in [-0.15, -0.1) is 0 Å². The molecule has 2 heterocycles. The van der Waals surface area contributed by atoms with Gasteiger partial charge in [0.1, 0.15) is 22.8 Å². The van der Waals surface area contributed by atoms with Crippen molar-refractivity contribution >= 4 is 58.0 Å². The number of amides is 1. The summed E-state index contributed by atoms with van der Waals surface area (Å²) in [7, 11) is 1.22. The molecule has 2 aliphatic rings. The number of aryl methyl sites for hydroxylation is 1. The number of nitrogens with one attached hydrogen (secondary N) is 2. The Morgan fingerprint density at radius 1 is 1.10 bits per heavy atom. The zero-order valence-corrected chi connectivity index (χ0v) is 24.9. The average Bonchev–Trinajstić information content (AvgIpc) is 3.19. The molecule has 1 amide bonds. The number of hydrogen-bond acceptors (Lipinski definition) is 5. The van der Waals surface area contributed by atoms with Crippen LogP contribution in [0.15, 0.2) is 48.5 Å². The molecule has 3 aromatic carbocycles. The summed E-state index contributed by atoms with van der Waals surface area (Å²) in [5.74, 6) is -3.17. The Morgan fingerprint density at radius 2 is 1.83 bits per heavy atom. The zero-order chi connectivity index (χ0) is 29.9. The third-order valence-corrected chi connectivity index (χ3v) is 8.58. The highest BCUT2D eigenvalue weighted by Gasteiger charge is 2.61. The Hall–Kier alpha value is -3.27. The number of benzene rings is 3. The molecule has 0 unspecified atom stereocenters. The molecule has 41 heavy (non-hydrogen) atoms. The number of halogens is 4. The van der Waals surface area contributed by atoms with E-state index < -0.39 is 46.5 Å². The minimum atomic E-state index is -1.52. The third kappa shape index (κ3) is 4.83. The number of anilines is 1. The molecule has 3 atom stereocenters. The van der Waals surface area contributed by atoms with Gasteiger partial charge in [-0.3, -0.25) is 4.79 Å². The maximum atomic E-state index is 14.9. The van der Waals surface area contributed by atoms with E-state index in [-0.39, 0.29) is 17.2 Å². The highest BCUT2D eigenvalue weighted by atomic mass is 35.5. The number of carbonyl (C=O) groups excluding carboxylic acids is 2. The molecule has 0 radical (unpaired) electrons. The first-order valence-corrected chi connectivity index (χ1v) is 13.9. The van der Waals surface area contributed by atoms with Crippen LogP contribution in [-0.2, 0) is 19.7 Å². The minimum Gasteiger partial charge on any atom is -0.476 e. The normalized spacial score (nSPS) is 21.8. The largest absolute Gasteiger partial charge is 0.476 e. The van der Waals surface area contributed by atoms with Crippen molar-refractivity contribution in [2.24, 2.45) is 0 Å². The fourth-order valence-electron chi connectivity index (χ4n) is 5.91. The van der Waals surface area contributed by atoms with E-state index in [0.29, 0.717) is 32.4 Å². The molecule has 2 N–H and O–H groups in total. The number of methoxy groups -OCH3 is 1. The average molecular weight is 620 g/mol. The summed E-state index contributed by atoms with van der Waals surface area (Å²) in [6.07, 6.45) is 0.132. The van der Waals surface area contributed by atoms with Crippen LogP contribution in [-0.4, -0.2) is 29.6 Å². The van der Waals surface area contributed by atoms with Crippen molar-refractivity contribution in [2.75, 3.05) is 12.4 Å². The smallest absolute Gasteiger partial charge is 0.349 e. The van der Waals surface area contributed by atoms with Gasteiger partial charge in [-0.2, -0.15) is 0 Å². The van der Waals surface area contributed by atoms with Gasteiger partial charge in [-0.1, -0.05) is 47.6 Å². The van der Waals surface area contributed by atoms with Gasteiger partial charge in [0.15, 0.2) is 5.60 Å². The van der Waals surface area contributed by atoms with Crippen LogP contribution in [0.2, 0.25) is 10.0 Å². The molecule has 1 spiro atoms. The lowest BCUT2D eigenvalue weighted by molar-refractivity contribution is -0.156. The first-order valence-electron chi connectivity index (χ1n) is 12.7. The highest BCUT2D eigenvalue weighted by molar-refractivity contribution is 7.80. The van der Waals surface area contributed by atoms with E-state index in [1.54, 1.807) is 24.3 Å². The Balaban J connectivity index is 1.83. The predicted octanol–water partition coefficient (Wildman–Crippen LogP) is 6.95. The van der Waals surface area contributed by atoms with Crippen LogP contribution in [0.25, 0.3) is 0 Å². The number of carbonyl (C=O) groups is 2. The summed E-state index contributed by atoms with van der Waals surface area (Å²) in [6.45, 7) is 4.78. The number of piperidine rings is 1. The number of ether oxygens (including phenoxy) is 2. The van der Waals surface area contributed by atoms with Gasteiger partial charge >= 0.3 is 5.97 Å². The summed E-state index contributed by atoms with van der Waals surface area (Å²) in [5, 5.41) is 6.43. The third-order valence-electron chi connectivity index (χ3n) is 7.77. The topological polar surface area (TPSA) is 76.7 Å². The molecule has 214 valence electrons. The highest BCUT2D eigenvalue weighted by Crippen LogP contribution is 2.59. The monoisotopic (exact) mass is 618 g/mol. The Bertz CT molecular complexity index is 1620. The molecule has 0 bridgehead atoms. The second-order valence-corrected chi connectivity index (χ2v) is 12.0. The van der Waals surface area contributed by atoms with Crippen LogP contribution in [0.4, 0.5) is 14.5 Å². The van der Waals surface area contributed by atoms with Gasteiger partial charge in [0.25, 0.3) is 0 Å². The molecular weight excluding hydrogens is 593 g/mol. The fourth-order valence-corrected chi connectivity index (χ4v) is 6.54. The molecule has 1 fully saturated rings. The van der Waals surface area contributed by atoms with Gasteiger partial charge in [-0.25, -0.2) is 13.6 Å². The number of thiocarbonyl (C=S) groups is 1. The van der Waals surface area contributed by atoms with E-state index in [4.69, 9.17) is 44.9 Å². The van der Waals surface area contributed by atoms with Gasteiger partial charge < -0.3 is 20.1 Å². The summed E-state index contributed by atoms with van der Waals surface area (Å²) in [4.78, 5) is 27.3. The SMILES string of the molecule is COC(=O)C(C)(C)Oc1cc(F)c(Cl)cc1[C@H]1CC(=S)N[C@@H](c2cc(F)ccc2C)[C@]12C(=O)Nc1cc(Cl)ccc12.